The average molecular weight is 483 g/mol. The average Bonchev–Trinajstić information content (AvgIpc) is 2.84. The second kappa shape index (κ2) is 10.4. The van der Waals surface area contributed by atoms with Gasteiger partial charge in [0.05, 0.1) is 24.7 Å². The van der Waals surface area contributed by atoms with Crippen LogP contribution < -0.4 is 19.5 Å². The molecule has 2 N–H and O–H groups in total. The van der Waals surface area contributed by atoms with Crippen LogP contribution in [0.2, 0.25) is 5.02 Å². The zero-order valence-corrected chi connectivity index (χ0v) is 19.2. The number of rotatable bonds is 8. The number of ether oxygens (including phenoxy) is 3. The minimum absolute atomic E-state index is 0.214. The number of halogens is 1. The predicted octanol–water partition coefficient (Wildman–Crippen LogP) is 4.46. The fourth-order valence-corrected chi connectivity index (χ4v) is 3.85. The van der Waals surface area contributed by atoms with Gasteiger partial charge in [0.25, 0.3) is 5.91 Å². The van der Waals surface area contributed by atoms with Crippen molar-refractivity contribution in [2.45, 2.75) is 18.8 Å². The third-order valence-electron chi connectivity index (χ3n) is 5.40. The van der Waals surface area contributed by atoms with Gasteiger partial charge in [-0.2, -0.15) is 0 Å². The minimum atomic E-state index is -0.914. The first-order valence-corrected chi connectivity index (χ1v) is 11.1. The van der Waals surface area contributed by atoms with Gasteiger partial charge in [-0.15, -0.1) is 0 Å². The Morgan fingerprint density at radius 2 is 2.00 bits per heavy atom. The molecular weight excluding hydrogens is 460 g/mol. The summed E-state index contributed by atoms with van der Waals surface area (Å²) in [5.41, 5.74) is 1.84. The molecule has 1 unspecified atom stereocenters. The van der Waals surface area contributed by atoms with Gasteiger partial charge in [0.1, 0.15) is 17.2 Å². The molecule has 0 saturated carbocycles. The first-order valence-electron chi connectivity index (χ1n) is 10.7. The molecule has 0 saturated heterocycles. The monoisotopic (exact) mass is 482 g/mol. The van der Waals surface area contributed by atoms with Crippen molar-refractivity contribution in [3.63, 3.8) is 0 Å². The summed E-state index contributed by atoms with van der Waals surface area (Å²) in [4.78, 5) is 28.3. The van der Waals surface area contributed by atoms with Gasteiger partial charge in [-0.05, 0) is 42.8 Å². The lowest BCUT2D eigenvalue weighted by molar-refractivity contribution is -0.139. The fourth-order valence-electron chi connectivity index (χ4n) is 3.64. The number of carbonyl (C=O) groups is 2. The second-order valence-electron chi connectivity index (χ2n) is 7.65. The highest BCUT2D eigenvalue weighted by Crippen LogP contribution is 2.41. The topological polar surface area (TPSA) is 107 Å². The van der Waals surface area contributed by atoms with E-state index in [0.717, 1.165) is 5.69 Å². The lowest BCUT2D eigenvalue weighted by Gasteiger charge is -2.24. The number of carboxylic acid groups (broad SMARTS) is 1. The number of nitrogens with zero attached hydrogens (tertiary/aromatic N) is 1. The maximum Gasteiger partial charge on any atom is 0.311 e. The molecule has 0 aliphatic carbocycles. The molecule has 0 radical (unpaired) electrons. The first-order chi connectivity index (χ1) is 16.4. The highest BCUT2D eigenvalue weighted by Gasteiger charge is 2.29. The molecule has 1 aliphatic heterocycles. The molecule has 2 heterocycles. The molecule has 4 rings (SSSR count). The van der Waals surface area contributed by atoms with Gasteiger partial charge >= 0.3 is 5.97 Å². The number of pyridine rings is 1. The van der Waals surface area contributed by atoms with Gasteiger partial charge in [-0.25, -0.2) is 4.98 Å². The lowest BCUT2D eigenvalue weighted by Crippen LogP contribution is -2.25. The summed E-state index contributed by atoms with van der Waals surface area (Å²) in [6.45, 7) is 0.738. The maximum atomic E-state index is 12.4. The SMILES string of the molecule is COc1cccc(CCNC(=O)c2ccc(Oc3cc4c(cc3Cl)C(C(=O)O)CCO4)cc2)n1. The van der Waals surface area contributed by atoms with Crippen molar-refractivity contribution in [1.29, 1.82) is 0 Å². The van der Waals surface area contributed by atoms with Crippen molar-refractivity contribution in [3.05, 3.63) is 76.4 Å². The number of benzene rings is 2. The Bertz CT molecular complexity index is 1200. The third-order valence-corrected chi connectivity index (χ3v) is 5.70. The second-order valence-corrected chi connectivity index (χ2v) is 8.06. The van der Waals surface area contributed by atoms with Gasteiger partial charge in [-0.1, -0.05) is 17.7 Å². The van der Waals surface area contributed by atoms with Crippen LogP contribution in [0.1, 0.15) is 34.0 Å². The number of aliphatic carboxylic acids is 1. The number of carboxylic acids is 1. The molecular formula is C25H23ClN2O6. The molecule has 34 heavy (non-hydrogen) atoms. The number of carbonyl (C=O) groups excluding carboxylic acids is 1. The van der Waals surface area contributed by atoms with E-state index in [1.807, 2.05) is 12.1 Å². The van der Waals surface area contributed by atoms with E-state index in [4.69, 9.17) is 25.8 Å². The quantitative estimate of drug-likeness (QED) is 0.488. The van der Waals surface area contributed by atoms with Crippen molar-refractivity contribution in [3.8, 4) is 23.1 Å². The molecule has 2 aromatic carbocycles. The highest BCUT2D eigenvalue weighted by molar-refractivity contribution is 6.32. The number of hydrogen-bond donors (Lipinski definition) is 2. The first kappa shape index (κ1) is 23.4. The molecule has 0 spiro atoms. The number of aromatic nitrogens is 1. The van der Waals surface area contributed by atoms with Crippen LogP contribution in [-0.4, -0.2) is 42.2 Å². The molecule has 1 aromatic heterocycles. The fraction of sp³-hybridized carbons (Fsp3) is 0.240. The summed E-state index contributed by atoms with van der Waals surface area (Å²) < 4.78 is 16.6. The van der Waals surface area contributed by atoms with E-state index in [1.165, 1.54) is 0 Å². The summed E-state index contributed by atoms with van der Waals surface area (Å²) in [6.07, 6.45) is 0.963. The van der Waals surface area contributed by atoms with Crippen molar-refractivity contribution < 1.29 is 28.9 Å². The Labute approximate surface area is 201 Å². The maximum absolute atomic E-state index is 12.4. The van der Waals surface area contributed by atoms with Gasteiger partial charge in [0.15, 0.2) is 0 Å². The number of hydrogen-bond acceptors (Lipinski definition) is 6. The van der Waals surface area contributed by atoms with Crippen molar-refractivity contribution in [2.75, 3.05) is 20.3 Å². The Kier molecular flexibility index (Phi) is 7.18. The predicted molar refractivity (Wildman–Crippen MR) is 125 cm³/mol. The summed E-state index contributed by atoms with van der Waals surface area (Å²) in [7, 11) is 1.56. The molecule has 1 aliphatic rings. The van der Waals surface area contributed by atoms with E-state index in [2.05, 4.69) is 10.3 Å². The lowest BCUT2D eigenvalue weighted by atomic mass is 9.93. The van der Waals surface area contributed by atoms with E-state index < -0.39 is 11.9 Å². The number of methoxy groups -OCH3 is 1. The smallest absolute Gasteiger partial charge is 0.311 e. The Hall–Kier alpha value is -3.78. The van der Waals surface area contributed by atoms with E-state index in [0.29, 0.717) is 60.2 Å². The van der Waals surface area contributed by atoms with Crippen molar-refractivity contribution >= 4 is 23.5 Å². The molecule has 1 atom stereocenters. The van der Waals surface area contributed by atoms with Crippen LogP contribution in [0.5, 0.6) is 23.1 Å². The summed E-state index contributed by atoms with van der Waals surface area (Å²) in [5, 5.41) is 12.6. The number of nitrogens with one attached hydrogen (secondary N) is 1. The van der Waals surface area contributed by atoms with Crippen LogP contribution in [0.4, 0.5) is 0 Å². The van der Waals surface area contributed by atoms with Crippen LogP contribution in [0.15, 0.2) is 54.6 Å². The molecule has 176 valence electrons. The van der Waals surface area contributed by atoms with Gasteiger partial charge in [0, 0.05) is 41.9 Å². The third kappa shape index (κ3) is 5.40. The molecule has 0 bridgehead atoms. The van der Waals surface area contributed by atoms with Gasteiger partial charge in [-0.3, -0.25) is 9.59 Å². The van der Waals surface area contributed by atoms with E-state index in [1.54, 1.807) is 49.6 Å². The molecule has 0 fully saturated rings. The van der Waals surface area contributed by atoms with E-state index in [-0.39, 0.29) is 10.9 Å². The summed E-state index contributed by atoms with van der Waals surface area (Å²) in [6, 6.07) is 15.3. The van der Waals surface area contributed by atoms with Crippen LogP contribution >= 0.6 is 11.6 Å². The Morgan fingerprint density at radius 3 is 2.74 bits per heavy atom. The zero-order chi connectivity index (χ0) is 24.1. The van der Waals surface area contributed by atoms with Crippen molar-refractivity contribution in [1.82, 2.24) is 10.3 Å². The molecule has 8 nitrogen and oxygen atoms in total. The number of fused-ring (bicyclic) bond motifs is 1. The standard InChI is InChI=1S/C25H23ClN2O6/c1-32-23-4-2-3-16(28-23)9-11-27-24(29)15-5-7-17(8-6-15)34-22-14-21-19(13-20(22)26)18(25(30)31)10-12-33-21/h2-8,13-14,18H,9-12H2,1H3,(H,27,29)(H,30,31). The van der Waals surface area contributed by atoms with E-state index >= 15 is 0 Å². The van der Waals surface area contributed by atoms with Crippen LogP contribution in [0.25, 0.3) is 0 Å². The number of amides is 1. The largest absolute Gasteiger partial charge is 0.493 e. The highest BCUT2D eigenvalue weighted by atomic mass is 35.5. The molecule has 3 aromatic rings. The van der Waals surface area contributed by atoms with Gasteiger partial charge < -0.3 is 24.6 Å². The van der Waals surface area contributed by atoms with Crippen LogP contribution in [0.3, 0.4) is 0 Å². The minimum Gasteiger partial charge on any atom is -0.493 e. The van der Waals surface area contributed by atoms with Crippen LogP contribution in [0, 0.1) is 0 Å². The summed E-state index contributed by atoms with van der Waals surface area (Å²) in [5.74, 6) is 0.00961. The molecule has 1 amide bonds. The van der Waals surface area contributed by atoms with Crippen molar-refractivity contribution in [2.24, 2.45) is 0 Å². The summed E-state index contributed by atoms with van der Waals surface area (Å²) >= 11 is 6.34. The van der Waals surface area contributed by atoms with E-state index in [9.17, 15) is 14.7 Å². The zero-order valence-electron chi connectivity index (χ0n) is 18.4. The Balaban J connectivity index is 1.37. The van der Waals surface area contributed by atoms with Crippen LogP contribution in [-0.2, 0) is 11.2 Å². The molecule has 9 heteroatoms. The normalized spacial score (nSPS) is 14.5. The Morgan fingerprint density at radius 1 is 1.21 bits per heavy atom. The van der Waals surface area contributed by atoms with Gasteiger partial charge in [0.2, 0.25) is 5.88 Å².